The molecule has 0 fully saturated rings. The molecule has 1 aromatic carbocycles. The lowest BCUT2D eigenvalue weighted by atomic mass is 9.90. The van der Waals surface area contributed by atoms with Crippen molar-refractivity contribution in [3.05, 3.63) is 46.7 Å². The zero-order chi connectivity index (χ0) is 11.5. The third-order valence-electron chi connectivity index (χ3n) is 3.10. The normalized spacial score (nSPS) is 16.3. The number of ketones is 1. The number of carbonyl (C=O) groups is 1. The van der Waals surface area contributed by atoms with Crippen molar-refractivity contribution in [3.63, 3.8) is 0 Å². The second-order valence-corrected chi connectivity index (χ2v) is 4.41. The molecule has 0 radical (unpaired) electrons. The molecule has 2 nitrogen and oxygen atoms in total. The van der Waals surface area contributed by atoms with Crippen LogP contribution in [0.2, 0.25) is 0 Å². The van der Waals surface area contributed by atoms with Crippen LogP contribution in [-0.2, 0) is 0 Å². The maximum Gasteiger partial charge on any atom is 0.190 e. The number of aryl methyl sites for hydroxylation is 1. The van der Waals surface area contributed by atoms with Crippen molar-refractivity contribution in [1.82, 2.24) is 0 Å². The maximum atomic E-state index is 12.2. The van der Waals surface area contributed by atoms with Crippen LogP contribution in [0.3, 0.4) is 0 Å². The number of carbonyl (C=O) groups excluding carboxylic acids is 1. The SMILES string of the molecule is Cc1ccc(C(=O)C2=C(N)CCCC2)cc1. The average Bonchev–Trinajstić information content (AvgIpc) is 2.30. The highest BCUT2D eigenvalue weighted by atomic mass is 16.1. The highest BCUT2D eigenvalue weighted by molar-refractivity contribution is 6.09. The van der Waals surface area contributed by atoms with Gasteiger partial charge in [0.1, 0.15) is 0 Å². The van der Waals surface area contributed by atoms with Gasteiger partial charge in [-0.3, -0.25) is 4.79 Å². The second-order valence-electron chi connectivity index (χ2n) is 4.41. The van der Waals surface area contributed by atoms with Gasteiger partial charge in [-0.1, -0.05) is 29.8 Å². The monoisotopic (exact) mass is 215 g/mol. The molecule has 2 N–H and O–H groups in total. The Kier molecular flexibility index (Phi) is 3.09. The zero-order valence-electron chi connectivity index (χ0n) is 9.62. The second kappa shape index (κ2) is 4.52. The lowest BCUT2D eigenvalue weighted by molar-refractivity contribution is 0.102. The number of allylic oxidation sites excluding steroid dienone is 2. The summed E-state index contributed by atoms with van der Waals surface area (Å²) in [6, 6.07) is 7.69. The van der Waals surface area contributed by atoms with Crippen LogP contribution in [0.4, 0.5) is 0 Å². The predicted octanol–water partition coefficient (Wildman–Crippen LogP) is 2.96. The molecule has 1 aliphatic rings. The Labute approximate surface area is 96.2 Å². The first-order chi connectivity index (χ1) is 7.68. The molecule has 16 heavy (non-hydrogen) atoms. The molecule has 0 aliphatic heterocycles. The zero-order valence-corrected chi connectivity index (χ0v) is 9.62. The molecule has 2 rings (SSSR count). The minimum atomic E-state index is 0.109. The van der Waals surface area contributed by atoms with E-state index in [0.717, 1.165) is 42.5 Å². The number of benzene rings is 1. The summed E-state index contributed by atoms with van der Waals surface area (Å²) in [6.07, 6.45) is 3.88. The van der Waals surface area contributed by atoms with E-state index in [-0.39, 0.29) is 5.78 Å². The number of hydrogen-bond acceptors (Lipinski definition) is 2. The van der Waals surface area contributed by atoms with E-state index in [1.807, 2.05) is 31.2 Å². The predicted molar refractivity (Wildman–Crippen MR) is 65.2 cm³/mol. The molecule has 1 aromatic rings. The van der Waals surface area contributed by atoms with Gasteiger partial charge in [0.25, 0.3) is 0 Å². The molecule has 0 bridgehead atoms. The third kappa shape index (κ3) is 2.16. The number of rotatable bonds is 2. The van der Waals surface area contributed by atoms with Crippen LogP contribution in [0.1, 0.15) is 41.6 Å². The largest absolute Gasteiger partial charge is 0.402 e. The number of Topliss-reactive ketones (excluding diaryl/α,β-unsaturated/α-hetero) is 1. The molecule has 1 aliphatic carbocycles. The van der Waals surface area contributed by atoms with E-state index >= 15 is 0 Å². The van der Waals surface area contributed by atoms with Crippen molar-refractivity contribution in [2.24, 2.45) is 5.73 Å². The Morgan fingerprint density at radius 3 is 2.38 bits per heavy atom. The van der Waals surface area contributed by atoms with Crippen molar-refractivity contribution in [1.29, 1.82) is 0 Å². The smallest absolute Gasteiger partial charge is 0.190 e. The summed E-state index contributed by atoms with van der Waals surface area (Å²) in [5, 5.41) is 0. The molecule has 0 amide bonds. The van der Waals surface area contributed by atoms with Crippen molar-refractivity contribution >= 4 is 5.78 Å². The van der Waals surface area contributed by atoms with Crippen molar-refractivity contribution in [2.45, 2.75) is 32.6 Å². The van der Waals surface area contributed by atoms with E-state index < -0.39 is 0 Å². The lowest BCUT2D eigenvalue weighted by Crippen LogP contribution is -2.15. The number of nitrogens with two attached hydrogens (primary N) is 1. The number of hydrogen-bond donors (Lipinski definition) is 1. The summed E-state index contributed by atoms with van der Waals surface area (Å²) in [7, 11) is 0. The Hall–Kier alpha value is -1.57. The van der Waals surface area contributed by atoms with Gasteiger partial charge in [-0.05, 0) is 32.6 Å². The van der Waals surface area contributed by atoms with Crippen molar-refractivity contribution in [3.8, 4) is 0 Å². The van der Waals surface area contributed by atoms with Gasteiger partial charge in [0.2, 0.25) is 0 Å². The summed E-state index contributed by atoms with van der Waals surface area (Å²) in [6.45, 7) is 2.02. The molecule has 0 saturated heterocycles. The molecule has 0 heterocycles. The third-order valence-corrected chi connectivity index (χ3v) is 3.10. The topological polar surface area (TPSA) is 43.1 Å². The van der Waals surface area contributed by atoms with E-state index in [0.29, 0.717) is 0 Å². The maximum absolute atomic E-state index is 12.2. The van der Waals surface area contributed by atoms with Gasteiger partial charge >= 0.3 is 0 Å². The quantitative estimate of drug-likeness (QED) is 0.771. The fourth-order valence-electron chi connectivity index (χ4n) is 2.07. The minimum absolute atomic E-state index is 0.109. The van der Waals surface area contributed by atoms with Gasteiger partial charge in [-0.15, -0.1) is 0 Å². The minimum Gasteiger partial charge on any atom is -0.402 e. The van der Waals surface area contributed by atoms with Gasteiger partial charge < -0.3 is 5.73 Å². The van der Waals surface area contributed by atoms with Gasteiger partial charge in [-0.25, -0.2) is 0 Å². The van der Waals surface area contributed by atoms with Crippen LogP contribution in [0.15, 0.2) is 35.5 Å². The van der Waals surface area contributed by atoms with E-state index in [4.69, 9.17) is 5.73 Å². The van der Waals surface area contributed by atoms with Crippen LogP contribution < -0.4 is 5.73 Å². The Morgan fingerprint density at radius 2 is 1.75 bits per heavy atom. The van der Waals surface area contributed by atoms with Crippen LogP contribution in [0.25, 0.3) is 0 Å². The molecule has 0 unspecified atom stereocenters. The molecule has 0 aromatic heterocycles. The van der Waals surface area contributed by atoms with Crippen LogP contribution >= 0.6 is 0 Å². The first-order valence-corrected chi connectivity index (χ1v) is 5.77. The summed E-state index contributed by atoms with van der Waals surface area (Å²) >= 11 is 0. The molecule has 84 valence electrons. The van der Waals surface area contributed by atoms with Gasteiger partial charge in [0, 0.05) is 16.8 Å². The molecule has 0 atom stereocenters. The van der Waals surface area contributed by atoms with Gasteiger partial charge in [0.15, 0.2) is 5.78 Å². The van der Waals surface area contributed by atoms with Crippen molar-refractivity contribution in [2.75, 3.05) is 0 Å². The van der Waals surface area contributed by atoms with Crippen LogP contribution in [-0.4, -0.2) is 5.78 Å². The molecule has 0 saturated carbocycles. The highest BCUT2D eigenvalue weighted by Crippen LogP contribution is 2.24. The van der Waals surface area contributed by atoms with Gasteiger partial charge in [0.05, 0.1) is 0 Å². The molecule has 2 heteroatoms. The van der Waals surface area contributed by atoms with Crippen LogP contribution in [0.5, 0.6) is 0 Å². The van der Waals surface area contributed by atoms with Gasteiger partial charge in [-0.2, -0.15) is 0 Å². The average molecular weight is 215 g/mol. The first-order valence-electron chi connectivity index (χ1n) is 5.77. The Morgan fingerprint density at radius 1 is 1.12 bits per heavy atom. The summed E-state index contributed by atoms with van der Waals surface area (Å²) < 4.78 is 0. The van der Waals surface area contributed by atoms with E-state index in [2.05, 4.69) is 0 Å². The lowest BCUT2D eigenvalue weighted by Gasteiger charge is -2.16. The first kappa shape index (κ1) is 10.9. The summed E-state index contributed by atoms with van der Waals surface area (Å²) in [4.78, 5) is 12.2. The Bertz CT molecular complexity index is 429. The van der Waals surface area contributed by atoms with E-state index in [9.17, 15) is 4.79 Å². The summed E-state index contributed by atoms with van der Waals surface area (Å²) in [5.41, 5.74) is 9.45. The molecular weight excluding hydrogens is 198 g/mol. The van der Waals surface area contributed by atoms with E-state index in [1.54, 1.807) is 0 Å². The van der Waals surface area contributed by atoms with E-state index in [1.165, 1.54) is 5.56 Å². The summed E-state index contributed by atoms with van der Waals surface area (Å²) in [5.74, 6) is 0.109. The highest BCUT2D eigenvalue weighted by Gasteiger charge is 2.18. The standard InChI is InChI=1S/C14H17NO/c1-10-6-8-11(9-7-10)14(16)12-4-2-3-5-13(12)15/h6-9H,2-5,15H2,1H3. The van der Waals surface area contributed by atoms with Crippen LogP contribution in [0, 0.1) is 6.92 Å². The van der Waals surface area contributed by atoms with Crippen molar-refractivity contribution < 1.29 is 4.79 Å². The Balaban J connectivity index is 2.28. The molecule has 0 spiro atoms. The molecular formula is C14H17NO. The fourth-order valence-corrected chi connectivity index (χ4v) is 2.07. The fraction of sp³-hybridized carbons (Fsp3) is 0.357.